The lowest BCUT2D eigenvalue weighted by molar-refractivity contribution is -0.138. The summed E-state index contributed by atoms with van der Waals surface area (Å²) in [4.78, 5) is 17.2. The minimum atomic E-state index is -3.46. The predicted octanol–water partition coefficient (Wildman–Crippen LogP) is 1.36. The fourth-order valence-electron chi connectivity index (χ4n) is 3.90. The molecule has 8 heteroatoms. The minimum absolute atomic E-state index is 0.100. The van der Waals surface area contributed by atoms with Crippen LogP contribution in [0.5, 0.6) is 0 Å². The molecule has 2 fully saturated rings. The van der Waals surface area contributed by atoms with Gasteiger partial charge in [0.2, 0.25) is 5.91 Å². The Balaban J connectivity index is 1.48. The third kappa shape index (κ3) is 5.66. The van der Waals surface area contributed by atoms with Crippen LogP contribution in [0.3, 0.4) is 0 Å². The smallest absolute Gasteiger partial charge is 0.281 e. The molecule has 0 spiro atoms. The van der Waals surface area contributed by atoms with E-state index >= 15 is 0 Å². The second kappa shape index (κ2) is 9.84. The molecule has 0 saturated carbocycles. The Morgan fingerprint density at radius 1 is 1.10 bits per heavy atom. The lowest BCUT2D eigenvalue weighted by Crippen LogP contribution is -2.53. The van der Waals surface area contributed by atoms with Crippen LogP contribution in [0.1, 0.15) is 18.4 Å². The Morgan fingerprint density at radius 3 is 2.45 bits per heavy atom. The molecule has 1 amide bonds. The molecule has 1 atom stereocenters. The van der Waals surface area contributed by atoms with Crippen LogP contribution in [0.25, 0.3) is 6.08 Å². The Bertz CT molecular complexity index is 802. The molecule has 7 nitrogen and oxygen atoms in total. The van der Waals surface area contributed by atoms with Crippen LogP contribution in [0.2, 0.25) is 0 Å². The van der Waals surface area contributed by atoms with Crippen molar-refractivity contribution in [1.82, 2.24) is 18.4 Å². The summed E-state index contributed by atoms with van der Waals surface area (Å²) in [5.74, 6) is -0.133. The Kier molecular flexibility index (Phi) is 7.45. The molecule has 1 aromatic carbocycles. The first kappa shape index (κ1) is 22.0. The molecule has 2 aliphatic rings. The van der Waals surface area contributed by atoms with E-state index in [1.54, 1.807) is 0 Å². The molecule has 29 heavy (non-hydrogen) atoms. The van der Waals surface area contributed by atoms with Gasteiger partial charge >= 0.3 is 0 Å². The van der Waals surface area contributed by atoms with Crippen LogP contribution in [-0.4, -0.2) is 92.6 Å². The number of nitrogens with zero attached hydrogens (tertiary/aromatic N) is 4. The number of carbonyl (C=O) groups excluding carboxylic acids is 1. The van der Waals surface area contributed by atoms with Gasteiger partial charge in [-0.3, -0.25) is 9.69 Å². The maximum absolute atomic E-state index is 13.0. The first-order valence-electron chi connectivity index (χ1n) is 10.3. The Hall–Kier alpha value is -1.74. The molecular weight excluding hydrogens is 388 g/mol. The molecule has 0 radical (unpaired) electrons. The normalized spacial score (nSPS) is 22.4. The first-order valence-corrected chi connectivity index (χ1v) is 11.7. The summed E-state index contributed by atoms with van der Waals surface area (Å²) >= 11 is 0. The van der Waals surface area contributed by atoms with Crippen molar-refractivity contribution in [2.24, 2.45) is 5.92 Å². The molecule has 0 aromatic heterocycles. The molecule has 2 aliphatic heterocycles. The van der Waals surface area contributed by atoms with Gasteiger partial charge in [-0.1, -0.05) is 42.5 Å². The zero-order valence-corrected chi connectivity index (χ0v) is 18.2. The molecule has 1 unspecified atom stereocenters. The summed E-state index contributed by atoms with van der Waals surface area (Å²) in [7, 11) is -0.391. The zero-order chi connectivity index (χ0) is 20.9. The van der Waals surface area contributed by atoms with E-state index in [1.807, 2.05) is 23.1 Å². The van der Waals surface area contributed by atoms with Gasteiger partial charge in [-0.2, -0.15) is 17.0 Å². The highest BCUT2D eigenvalue weighted by molar-refractivity contribution is 7.86. The molecule has 0 bridgehead atoms. The van der Waals surface area contributed by atoms with Crippen molar-refractivity contribution in [3.8, 4) is 0 Å². The van der Waals surface area contributed by atoms with E-state index < -0.39 is 10.2 Å². The van der Waals surface area contributed by atoms with Gasteiger partial charge in [0.05, 0.1) is 5.92 Å². The summed E-state index contributed by atoms with van der Waals surface area (Å²) in [6.45, 7) is 4.75. The molecule has 2 saturated heterocycles. The van der Waals surface area contributed by atoms with Gasteiger partial charge in [-0.15, -0.1) is 0 Å². The highest BCUT2D eigenvalue weighted by Crippen LogP contribution is 2.22. The number of rotatable bonds is 6. The van der Waals surface area contributed by atoms with Crippen LogP contribution in [0.4, 0.5) is 0 Å². The van der Waals surface area contributed by atoms with E-state index in [0.717, 1.165) is 32.5 Å². The van der Waals surface area contributed by atoms with Gasteiger partial charge in [0, 0.05) is 59.9 Å². The number of hydrogen-bond donors (Lipinski definition) is 0. The highest BCUT2D eigenvalue weighted by Gasteiger charge is 2.35. The fourth-order valence-corrected chi connectivity index (χ4v) is 5.09. The minimum Gasteiger partial charge on any atom is -0.340 e. The Labute approximate surface area is 174 Å². The summed E-state index contributed by atoms with van der Waals surface area (Å²) in [5, 5.41) is 0. The SMILES string of the molecule is CN(C)S(=O)(=O)N1CCCC(C(=O)N2CCN(C/C=C/c3ccccc3)CC2)C1. The molecular formula is C21H32N4O3S. The van der Waals surface area contributed by atoms with E-state index in [9.17, 15) is 13.2 Å². The maximum Gasteiger partial charge on any atom is 0.281 e. The van der Waals surface area contributed by atoms with Crippen molar-refractivity contribution in [2.75, 3.05) is 59.9 Å². The van der Waals surface area contributed by atoms with Gasteiger partial charge in [-0.25, -0.2) is 0 Å². The lowest BCUT2D eigenvalue weighted by atomic mass is 9.98. The van der Waals surface area contributed by atoms with Crippen molar-refractivity contribution in [1.29, 1.82) is 0 Å². The van der Waals surface area contributed by atoms with Crippen LogP contribution >= 0.6 is 0 Å². The van der Waals surface area contributed by atoms with Crippen LogP contribution in [-0.2, 0) is 15.0 Å². The third-order valence-electron chi connectivity index (χ3n) is 5.68. The average Bonchev–Trinajstić information content (AvgIpc) is 2.74. The van der Waals surface area contributed by atoms with E-state index in [2.05, 4.69) is 29.2 Å². The predicted molar refractivity (Wildman–Crippen MR) is 115 cm³/mol. The number of piperidine rings is 1. The highest BCUT2D eigenvalue weighted by atomic mass is 32.2. The molecule has 2 heterocycles. The number of hydrogen-bond acceptors (Lipinski definition) is 4. The summed E-state index contributed by atoms with van der Waals surface area (Å²) in [5.41, 5.74) is 1.19. The van der Waals surface area contributed by atoms with Crippen molar-refractivity contribution >= 4 is 22.2 Å². The van der Waals surface area contributed by atoms with Crippen molar-refractivity contribution < 1.29 is 13.2 Å². The van der Waals surface area contributed by atoms with Gasteiger partial charge in [0.15, 0.2) is 0 Å². The average molecular weight is 421 g/mol. The second-order valence-electron chi connectivity index (χ2n) is 7.93. The standard InChI is InChI=1S/C21H32N4O3S/c1-22(2)29(27,28)25-13-7-11-20(18-25)21(26)24-16-14-23(15-17-24)12-6-10-19-8-4-3-5-9-19/h3-6,8-10,20H,7,11-18H2,1-2H3/b10-6+. The summed E-state index contributed by atoms with van der Waals surface area (Å²) in [6, 6.07) is 10.2. The van der Waals surface area contributed by atoms with Crippen LogP contribution < -0.4 is 0 Å². The van der Waals surface area contributed by atoms with Crippen molar-refractivity contribution in [2.45, 2.75) is 12.8 Å². The quantitative estimate of drug-likeness (QED) is 0.697. The lowest BCUT2D eigenvalue weighted by Gasteiger charge is -2.38. The van der Waals surface area contributed by atoms with Gasteiger partial charge in [0.1, 0.15) is 0 Å². The molecule has 1 aromatic rings. The Morgan fingerprint density at radius 2 is 1.79 bits per heavy atom. The summed E-state index contributed by atoms with van der Waals surface area (Å²) in [6.07, 6.45) is 5.78. The van der Waals surface area contributed by atoms with Crippen LogP contribution in [0.15, 0.2) is 36.4 Å². The van der Waals surface area contributed by atoms with E-state index in [4.69, 9.17) is 0 Å². The maximum atomic E-state index is 13.0. The van der Waals surface area contributed by atoms with Gasteiger partial charge in [0.25, 0.3) is 10.2 Å². The molecule has 3 rings (SSSR count). The molecule has 0 aliphatic carbocycles. The van der Waals surface area contributed by atoms with E-state index in [1.165, 1.54) is 28.3 Å². The number of amides is 1. The number of carbonyl (C=O) groups is 1. The topological polar surface area (TPSA) is 64.2 Å². The van der Waals surface area contributed by atoms with Crippen molar-refractivity contribution in [3.63, 3.8) is 0 Å². The second-order valence-corrected chi connectivity index (χ2v) is 10.1. The number of benzene rings is 1. The van der Waals surface area contributed by atoms with E-state index in [-0.39, 0.29) is 11.8 Å². The molecule has 160 valence electrons. The molecule has 0 N–H and O–H groups in total. The number of piperazine rings is 1. The zero-order valence-electron chi connectivity index (χ0n) is 17.4. The fraction of sp³-hybridized carbons (Fsp3) is 0.571. The summed E-state index contributed by atoms with van der Waals surface area (Å²) < 4.78 is 27.5. The largest absolute Gasteiger partial charge is 0.340 e. The third-order valence-corrected chi connectivity index (χ3v) is 7.59. The monoisotopic (exact) mass is 420 g/mol. The van der Waals surface area contributed by atoms with E-state index in [0.29, 0.717) is 26.2 Å². The van der Waals surface area contributed by atoms with Gasteiger partial charge < -0.3 is 4.90 Å². The van der Waals surface area contributed by atoms with Gasteiger partial charge in [-0.05, 0) is 18.4 Å². The van der Waals surface area contributed by atoms with Crippen LogP contribution in [0, 0.1) is 5.92 Å². The van der Waals surface area contributed by atoms with Crippen molar-refractivity contribution in [3.05, 3.63) is 42.0 Å². The first-order chi connectivity index (χ1) is 13.9.